The van der Waals surface area contributed by atoms with Crippen molar-refractivity contribution in [2.24, 2.45) is 4.99 Å². The lowest BCUT2D eigenvalue weighted by molar-refractivity contribution is -0.108. The third kappa shape index (κ3) is 3.28. The van der Waals surface area contributed by atoms with Gasteiger partial charge in [0.1, 0.15) is 17.1 Å². The van der Waals surface area contributed by atoms with Crippen LogP contribution >= 0.6 is 11.3 Å². The molecular weight excluding hydrogens is 308 g/mol. The fourth-order valence-corrected chi connectivity index (χ4v) is 3.53. The van der Waals surface area contributed by atoms with Crippen LogP contribution in [0.1, 0.15) is 10.4 Å². The topological polar surface area (TPSA) is 56.7 Å². The van der Waals surface area contributed by atoms with Crippen molar-refractivity contribution in [1.82, 2.24) is 10.2 Å². The predicted octanol–water partition coefficient (Wildman–Crippen LogP) is 2.91. The number of fused-ring (bicyclic) bond motifs is 2. The molecule has 0 saturated carbocycles. The predicted molar refractivity (Wildman–Crippen MR) is 96.5 cm³/mol. The van der Waals surface area contributed by atoms with Crippen LogP contribution in [0.25, 0.3) is 0 Å². The molecule has 2 heterocycles. The first kappa shape index (κ1) is 15.7. The van der Waals surface area contributed by atoms with E-state index >= 15 is 0 Å². The lowest BCUT2D eigenvalue weighted by atomic mass is 10.2. The van der Waals surface area contributed by atoms with Crippen molar-refractivity contribution >= 4 is 39.8 Å². The molecular formula is C17H20N4OS. The molecule has 120 valence electrons. The van der Waals surface area contributed by atoms with Crippen LogP contribution in [0.3, 0.4) is 0 Å². The highest BCUT2D eigenvalue weighted by molar-refractivity contribution is 7.16. The summed E-state index contributed by atoms with van der Waals surface area (Å²) in [5.74, 6) is 0.851. The summed E-state index contributed by atoms with van der Waals surface area (Å²) in [4.78, 5) is 19.2. The number of nitrogens with zero attached hydrogens (tertiary/aromatic N) is 2. The summed E-state index contributed by atoms with van der Waals surface area (Å²) in [5.41, 5.74) is 2.94. The summed E-state index contributed by atoms with van der Waals surface area (Å²) in [6.45, 7) is 3.93. The fraction of sp³-hybridized carbons (Fsp3) is 0.294. The van der Waals surface area contributed by atoms with E-state index in [1.54, 1.807) is 11.3 Å². The number of aryl methyl sites for hydroxylation is 1. The number of aliphatic imine (C=N–C) groups is 1. The van der Waals surface area contributed by atoms with E-state index in [1.165, 1.54) is 4.88 Å². The van der Waals surface area contributed by atoms with Gasteiger partial charge in [-0.2, -0.15) is 0 Å². The Labute approximate surface area is 140 Å². The standard InChI is InChI=1S/C17H20N4OS/c1-12-11-13-16(21(9-10-22)8-7-18-2)19-14-5-3-4-6-15(14)20-17(13)23-12/h3-6,10-11,18,20H,7-9H2,1-2H3. The number of carbonyl (C=O) groups excluding carboxylic acids is 1. The monoisotopic (exact) mass is 328 g/mol. The van der Waals surface area contributed by atoms with E-state index in [-0.39, 0.29) is 0 Å². The van der Waals surface area contributed by atoms with Gasteiger partial charge in [0.05, 0.1) is 23.5 Å². The molecule has 1 aromatic heterocycles. The molecule has 0 aliphatic carbocycles. The van der Waals surface area contributed by atoms with Gasteiger partial charge in [-0.05, 0) is 32.2 Å². The van der Waals surface area contributed by atoms with Gasteiger partial charge in [0.2, 0.25) is 0 Å². The van der Waals surface area contributed by atoms with Crippen molar-refractivity contribution in [2.45, 2.75) is 6.92 Å². The average molecular weight is 328 g/mol. The van der Waals surface area contributed by atoms with Crippen LogP contribution in [0.2, 0.25) is 0 Å². The minimum absolute atomic E-state index is 0.330. The Hall–Kier alpha value is -2.18. The second-order valence-electron chi connectivity index (χ2n) is 5.39. The minimum Gasteiger partial charge on any atom is -0.348 e. The zero-order valence-electron chi connectivity index (χ0n) is 13.3. The van der Waals surface area contributed by atoms with Crippen LogP contribution in [0.5, 0.6) is 0 Å². The van der Waals surface area contributed by atoms with Crippen LogP contribution in [0, 0.1) is 6.92 Å². The highest BCUT2D eigenvalue weighted by Gasteiger charge is 2.22. The molecule has 6 heteroatoms. The summed E-state index contributed by atoms with van der Waals surface area (Å²) in [6.07, 6.45) is 0.932. The Morgan fingerprint density at radius 2 is 2.22 bits per heavy atom. The Morgan fingerprint density at radius 3 is 3.00 bits per heavy atom. The Morgan fingerprint density at radius 1 is 1.39 bits per heavy atom. The molecule has 0 unspecified atom stereocenters. The zero-order valence-corrected chi connectivity index (χ0v) is 14.1. The molecule has 0 spiro atoms. The van der Waals surface area contributed by atoms with Gasteiger partial charge in [0, 0.05) is 18.0 Å². The first-order valence-corrected chi connectivity index (χ1v) is 8.43. The first-order chi connectivity index (χ1) is 11.2. The number of para-hydroxylation sites is 2. The molecule has 0 radical (unpaired) electrons. The summed E-state index contributed by atoms with van der Waals surface area (Å²) in [7, 11) is 1.91. The van der Waals surface area contributed by atoms with Crippen LogP contribution < -0.4 is 10.6 Å². The number of aldehydes is 1. The highest BCUT2D eigenvalue weighted by atomic mass is 32.1. The third-order valence-corrected chi connectivity index (χ3v) is 4.67. The fourth-order valence-electron chi connectivity index (χ4n) is 2.61. The maximum atomic E-state index is 11.1. The molecule has 1 aliphatic rings. The molecule has 0 bridgehead atoms. The molecule has 0 amide bonds. The second kappa shape index (κ2) is 6.93. The molecule has 1 aromatic carbocycles. The Balaban J connectivity index is 2.10. The van der Waals surface area contributed by atoms with E-state index < -0.39 is 0 Å². The lowest BCUT2D eigenvalue weighted by Gasteiger charge is -2.23. The van der Waals surface area contributed by atoms with Crippen LogP contribution in [0.4, 0.5) is 16.4 Å². The Bertz CT molecular complexity index is 738. The smallest absolute Gasteiger partial charge is 0.140 e. The number of hydrogen-bond donors (Lipinski definition) is 2. The summed E-state index contributed by atoms with van der Waals surface area (Å²) < 4.78 is 0. The maximum Gasteiger partial charge on any atom is 0.140 e. The molecule has 1 aliphatic heterocycles. The summed E-state index contributed by atoms with van der Waals surface area (Å²) in [6, 6.07) is 10.1. The van der Waals surface area contributed by atoms with Crippen LogP contribution in [-0.2, 0) is 4.79 Å². The molecule has 2 aromatic rings. The zero-order chi connectivity index (χ0) is 16.2. The minimum atomic E-state index is 0.330. The highest BCUT2D eigenvalue weighted by Crippen LogP contribution is 2.38. The van der Waals surface area contributed by atoms with Crippen molar-refractivity contribution in [1.29, 1.82) is 0 Å². The summed E-state index contributed by atoms with van der Waals surface area (Å²) in [5, 5.41) is 7.69. The number of benzene rings is 1. The number of likely N-dealkylation sites (N-methyl/N-ethyl adjacent to an activating group) is 1. The number of amidine groups is 1. The number of carbonyl (C=O) groups is 1. The second-order valence-corrected chi connectivity index (χ2v) is 6.65. The first-order valence-electron chi connectivity index (χ1n) is 7.61. The van der Waals surface area contributed by atoms with Gasteiger partial charge in [0.25, 0.3) is 0 Å². The van der Waals surface area contributed by atoms with Crippen molar-refractivity contribution in [3.63, 3.8) is 0 Å². The molecule has 23 heavy (non-hydrogen) atoms. The van der Waals surface area contributed by atoms with E-state index in [2.05, 4.69) is 23.6 Å². The SMILES string of the molecule is CNCCN(CC=O)C1=Nc2ccccc2Nc2sc(C)cc21. The molecule has 0 atom stereocenters. The van der Waals surface area contributed by atoms with Gasteiger partial charge in [-0.25, -0.2) is 4.99 Å². The van der Waals surface area contributed by atoms with Gasteiger partial charge in [-0.3, -0.25) is 0 Å². The van der Waals surface area contributed by atoms with Gasteiger partial charge in [-0.1, -0.05) is 12.1 Å². The Kier molecular flexibility index (Phi) is 4.73. The van der Waals surface area contributed by atoms with Crippen molar-refractivity contribution in [3.05, 3.63) is 40.8 Å². The van der Waals surface area contributed by atoms with Crippen molar-refractivity contribution in [2.75, 3.05) is 32.0 Å². The molecule has 5 nitrogen and oxygen atoms in total. The van der Waals surface area contributed by atoms with Crippen molar-refractivity contribution < 1.29 is 4.79 Å². The number of anilines is 2. The van der Waals surface area contributed by atoms with Gasteiger partial charge in [0.15, 0.2) is 0 Å². The lowest BCUT2D eigenvalue weighted by Crippen LogP contribution is -2.37. The summed E-state index contributed by atoms with van der Waals surface area (Å²) >= 11 is 1.71. The maximum absolute atomic E-state index is 11.1. The van der Waals surface area contributed by atoms with E-state index in [0.717, 1.165) is 47.2 Å². The van der Waals surface area contributed by atoms with E-state index in [0.29, 0.717) is 6.54 Å². The largest absolute Gasteiger partial charge is 0.348 e. The van der Waals surface area contributed by atoms with Crippen molar-refractivity contribution in [3.8, 4) is 0 Å². The normalized spacial score (nSPS) is 12.5. The number of rotatable bonds is 5. The van der Waals surface area contributed by atoms with E-state index in [1.807, 2.05) is 36.2 Å². The van der Waals surface area contributed by atoms with Gasteiger partial charge < -0.3 is 20.3 Å². The third-order valence-electron chi connectivity index (χ3n) is 3.70. The molecule has 3 rings (SSSR count). The number of nitrogens with one attached hydrogen (secondary N) is 2. The van der Waals surface area contributed by atoms with Gasteiger partial charge >= 0.3 is 0 Å². The molecule has 0 saturated heterocycles. The van der Waals surface area contributed by atoms with Crippen LogP contribution in [-0.4, -0.2) is 43.7 Å². The average Bonchev–Trinajstić information content (AvgIpc) is 2.83. The number of thiophene rings is 1. The van der Waals surface area contributed by atoms with E-state index in [9.17, 15) is 4.79 Å². The van der Waals surface area contributed by atoms with E-state index in [4.69, 9.17) is 4.99 Å². The molecule has 0 fully saturated rings. The number of hydrogen-bond acceptors (Lipinski definition) is 6. The molecule has 2 N–H and O–H groups in total. The quantitative estimate of drug-likeness (QED) is 0.829. The van der Waals surface area contributed by atoms with Gasteiger partial charge in [-0.15, -0.1) is 11.3 Å². The van der Waals surface area contributed by atoms with Crippen LogP contribution in [0.15, 0.2) is 35.3 Å².